The molecular weight excluding hydrogens is 340 g/mol. The van der Waals surface area contributed by atoms with Crippen molar-refractivity contribution >= 4 is 11.0 Å². The third-order valence-corrected chi connectivity index (χ3v) is 5.09. The van der Waals surface area contributed by atoms with E-state index in [1.165, 1.54) is 16.7 Å². The van der Waals surface area contributed by atoms with E-state index in [1.54, 1.807) is 0 Å². The molecule has 134 valence electrons. The van der Waals surface area contributed by atoms with Gasteiger partial charge in [0.15, 0.2) is 0 Å². The zero-order valence-corrected chi connectivity index (χ0v) is 15.7. The van der Waals surface area contributed by atoms with Crippen LogP contribution < -0.4 is 0 Å². The number of fused-ring (bicyclic) bond motifs is 1. The number of benzene rings is 4. The minimum absolute atomic E-state index is 0.961. The van der Waals surface area contributed by atoms with E-state index >= 15 is 0 Å². The molecule has 4 aromatic carbocycles. The lowest BCUT2D eigenvalue weighted by Gasteiger charge is -2.09. The summed E-state index contributed by atoms with van der Waals surface area (Å²) in [5, 5.41) is 0. The second kappa shape index (κ2) is 6.82. The average molecular weight is 360 g/mol. The molecule has 0 atom stereocenters. The van der Waals surface area contributed by atoms with Crippen molar-refractivity contribution < 1.29 is 0 Å². The van der Waals surface area contributed by atoms with E-state index in [1.807, 2.05) is 12.1 Å². The van der Waals surface area contributed by atoms with Gasteiger partial charge in [0.2, 0.25) is 0 Å². The molecule has 5 aromatic rings. The van der Waals surface area contributed by atoms with Crippen molar-refractivity contribution in [3.63, 3.8) is 0 Å². The third-order valence-electron chi connectivity index (χ3n) is 5.09. The van der Waals surface area contributed by atoms with Crippen LogP contribution in [0, 0.1) is 6.92 Å². The molecule has 28 heavy (non-hydrogen) atoms. The molecule has 1 aromatic heterocycles. The van der Waals surface area contributed by atoms with Crippen molar-refractivity contribution in [2.75, 3.05) is 0 Å². The van der Waals surface area contributed by atoms with Gasteiger partial charge in [0.25, 0.3) is 0 Å². The van der Waals surface area contributed by atoms with Crippen LogP contribution in [0.25, 0.3) is 39.2 Å². The Morgan fingerprint density at radius 1 is 0.607 bits per heavy atom. The molecule has 1 heterocycles. The first-order valence-electron chi connectivity index (χ1n) is 9.50. The molecule has 0 fully saturated rings. The van der Waals surface area contributed by atoms with Gasteiger partial charge in [-0.3, -0.25) is 4.57 Å². The van der Waals surface area contributed by atoms with E-state index in [4.69, 9.17) is 4.98 Å². The fourth-order valence-electron chi connectivity index (χ4n) is 3.63. The highest BCUT2D eigenvalue weighted by atomic mass is 15.1. The third kappa shape index (κ3) is 2.89. The SMILES string of the molecule is Cc1ccc(-c2ccc3c(c2)nc(-c2ccccc2)n3-c2ccccc2)cc1. The maximum Gasteiger partial charge on any atom is 0.145 e. The molecule has 0 radical (unpaired) electrons. The van der Waals surface area contributed by atoms with Gasteiger partial charge in [0, 0.05) is 11.3 Å². The number of hydrogen-bond acceptors (Lipinski definition) is 1. The summed E-state index contributed by atoms with van der Waals surface area (Å²) in [7, 11) is 0. The van der Waals surface area contributed by atoms with E-state index in [2.05, 4.69) is 102 Å². The Labute approximate surface area is 164 Å². The monoisotopic (exact) mass is 360 g/mol. The van der Waals surface area contributed by atoms with Crippen LogP contribution in [0.15, 0.2) is 103 Å². The van der Waals surface area contributed by atoms with Crippen LogP contribution in [0.4, 0.5) is 0 Å². The van der Waals surface area contributed by atoms with Crippen molar-refractivity contribution in [3.05, 3.63) is 109 Å². The molecule has 0 bridgehead atoms. The molecule has 0 N–H and O–H groups in total. The number of imidazole rings is 1. The number of nitrogens with zero attached hydrogens (tertiary/aromatic N) is 2. The van der Waals surface area contributed by atoms with Crippen molar-refractivity contribution in [3.8, 4) is 28.2 Å². The number of para-hydroxylation sites is 1. The van der Waals surface area contributed by atoms with Crippen LogP contribution >= 0.6 is 0 Å². The summed E-state index contributed by atoms with van der Waals surface area (Å²) in [6.07, 6.45) is 0. The van der Waals surface area contributed by atoms with Crippen LogP contribution in [0.2, 0.25) is 0 Å². The van der Waals surface area contributed by atoms with E-state index < -0.39 is 0 Å². The molecule has 2 nitrogen and oxygen atoms in total. The Morgan fingerprint density at radius 3 is 1.96 bits per heavy atom. The first kappa shape index (κ1) is 16.5. The van der Waals surface area contributed by atoms with Crippen molar-refractivity contribution in [1.82, 2.24) is 9.55 Å². The minimum atomic E-state index is 0.961. The van der Waals surface area contributed by atoms with Crippen molar-refractivity contribution in [2.45, 2.75) is 6.92 Å². The largest absolute Gasteiger partial charge is 0.292 e. The van der Waals surface area contributed by atoms with E-state index in [0.717, 1.165) is 28.1 Å². The lowest BCUT2D eigenvalue weighted by atomic mass is 10.0. The molecule has 0 aliphatic carbocycles. The van der Waals surface area contributed by atoms with Crippen LogP contribution in [0.3, 0.4) is 0 Å². The van der Waals surface area contributed by atoms with E-state index in [-0.39, 0.29) is 0 Å². The Balaban J connectivity index is 1.75. The molecule has 2 heteroatoms. The summed E-state index contributed by atoms with van der Waals surface area (Å²) in [5.74, 6) is 0.961. The first-order chi connectivity index (χ1) is 13.8. The predicted octanol–water partition coefficient (Wildman–Crippen LogP) is 6.67. The van der Waals surface area contributed by atoms with Gasteiger partial charge in [-0.1, -0.05) is 84.4 Å². The van der Waals surface area contributed by atoms with Crippen molar-refractivity contribution in [2.24, 2.45) is 0 Å². The molecular formula is C26H20N2. The zero-order valence-electron chi connectivity index (χ0n) is 15.7. The normalized spacial score (nSPS) is 11.0. The molecule has 0 saturated carbocycles. The van der Waals surface area contributed by atoms with Gasteiger partial charge in [0.1, 0.15) is 5.82 Å². The highest BCUT2D eigenvalue weighted by Gasteiger charge is 2.14. The van der Waals surface area contributed by atoms with Gasteiger partial charge >= 0.3 is 0 Å². The number of hydrogen-bond donors (Lipinski definition) is 0. The standard InChI is InChI=1S/C26H20N2/c1-19-12-14-20(15-13-19)22-16-17-25-24(18-22)27-26(21-8-4-2-5-9-21)28(25)23-10-6-3-7-11-23/h2-18H,1H3. The summed E-state index contributed by atoms with van der Waals surface area (Å²) in [4.78, 5) is 5.03. The number of rotatable bonds is 3. The van der Waals surface area contributed by atoms with Gasteiger partial charge in [-0.25, -0.2) is 4.98 Å². The molecule has 0 spiro atoms. The molecule has 5 rings (SSSR count). The van der Waals surface area contributed by atoms with Gasteiger partial charge in [-0.2, -0.15) is 0 Å². The number of aromatic nitrogens is 2. The lowest BCUT2D eigenvalue weighted by molar-refractivity contribution is 1.10. The minimum Gasteiger partial charge on any atom is -0.292 e. The van der Waals surface area contributed by atoms with Gasteiger partial charge < -0.3 is 0 Å². The second-order valence-electron chi connectivity index (χ2n) is 7.04. The van der Waals surface area contributed by atoms with Crippen LogP contribution in [-0.2, 0) is 0 Å². The lowest BCUT2D eigenvalue weighted by Crippen LogP contribution is -1.97. The quantitative estimate of drug-likeness (QED) is 0.351. The molecule has 0 saturated heterocycles. The summed E-state index contributed by atoms with van der Waals surface area (Å²) < 4.78 is 2.24. The summed E-state index contributed by atoms with van der Waals surface area (Å²) in [5.41, 5.74) is 8.01. The summed E-state index contributed by atoms with van der Waals surface area (Å²) in [6, 6.07) is 36.0. The van der Waals surface area contributed by atoms with Gasteiger partial charge in [0.05, 0.1) is 11.0 Å². The second-order valence-corrected chi connectivity index (χ2v) is 7.04. The average Bonchev–Trinajstić information content (AvgIpc) is 3.14. The highest BCUT2D eigenvalue weighted by Crippen LogP contribution is 2.31. The Morgan fingerprint density at radius 2 is 1.25 bits per heavy atom. The molecule has 0 aliphatic heterocycles. The van der Waals surface area contributed by atoms with E-state index in [9.17, 15) is 0 Å². The fourth-order valence-corrected chi connectivity index (χ4v) is 3.63. The maximum absolute atomic E-state index is 5.03. The number of aryl methyl sites for hydroxylation is 1. The first-order valence-corrected chi connectivity index (χ1v) is 9.50. The predicted molar refractivity (Wildman–Crippen MR) is 117 cm³/mol. The molecule has 0 amide bonds. The summed E-state index contributed by atoms with van der Waals surface area (Å²) in [6.45, 7) is 2.11. The van der Waals surface area contributed by atoms with Crippen molar-refractivity contribution in [1.29, 1.82) is 0 Å². The maximum atomic E-state index is 5.03. The van der Waals surface area contributed by atoms with Crippen LogP contribution in [0.1, 0.15) is 5.56 Å². The van der Waals surface area contributed by atoms with Gasteiger partial charge in [-0.05, 0) is 42.3 Å². The van der Waals surface area contributed by atoms with Crippen LogP contribution in [0.5, 0.6) is 0 Å². The summed E-state index contributed by atoms with van der Waals surface area (Å²) >= 11 is 0. The van der Waals surface area contributed by atoms with E-state index in [0.29, 0.717) is 0 Å². The molecule has 0 aliphatic rings. The Kier molecular flexibility index (Phi) is 4.02. The highest BCUT2D eigenvalue weighted by molar-refractivity contribution is 5.87. The smallest absolute Gasteiger partial charge is 0.145 e. The fraction of sp³-hybridized carbons (Fsp3) is 0.0385. The Hall–Kier alpha value is -3.65. The van der Waals surface area contributed by atoms with Crippen LogP contribution in [-0.4, -0.2) is 9.55 Å². The topological polar surface area (TPSA) is 17.8 Å². The Bertz CT molecular complexity index is 1230. The zero-order chi connectivity index (χ0) is 18.9. The molecule has 0 unspecified atom stereocenters. The van der Waals surface area contributed by atoms with Gasteiger partial charge in [-0.15, -0.1) is 0 Å².